The van der Waals surface area contributed by atoms with E-state index in [9.17, 15) is 0 Å². The molecule has 1 aliphatic carbocycles. The van der Waals surface area contributed by atoms with Crippen LogP contribution >= 0.6 is 0 Å². The molecular weight excluding hydrogens is 590 g/mol. The Bertz CT molecular complexity index is 1140. The Labute approximate surface area is 285 Å². The average molecular weight is 656 g/mol. The standard InChI is InChI=1S/C37H65N7O3/c1-12-15-22-42(28-24-34(4,5)43(45-23-14-3)35(6,7)25-28)32-39-31(38-21-13-2)40-33(41-32)46-30-26-36(8,9)44(37(10,11)27-30)47-29-19-17-16-18-20-29/h13-14,28-30H,2-3,12,15-27H2,1,4-11H3,(H,38,39,40,41). The molecule has 3 aliphatic rings. The number of anilines is 2. The van der Waals surface area contributed by atoms with E-state index in [4.69, 9.17) is 29.4 Å². The van der Waals surface area contributed by atoms with Crippen LogP contribution in [0.4, 0.5) is 11.9 Å². The highest BCUT2D eigenvalue weighted by molar-refractivity contribution is 5.40. The monoisotopic (exact) mass is 656 g/mol. The molecule has 0 radical (unpaired) electrons. The van der Waals surface area contributed by atoms with Gasteiger partial charge in [0.1, 0.15) is 6.10 Å². The number of nitrogens with one attached hydrogen (secondary N) is 1. The van der Waals surface area contributed by atoms with Crippen molar-refractivity contribution in [2.45, 2.75) is 173 Å². The van der Waals surface area contributed by atoms with Crippen LogP contribution in [0.3, 0.4) is 0 Å². The lowest BCUT2D eigenvalue weighted by Crippen LogP contribution is -2.64. The van der Waals surface area contributed by atoms with E-state index in [2.05, 4.69) is 95.8 Å². The lowest BCUT2D eigenvalue weighted by Gasteiger charge is -2.55. The van der Waals surface area contributed by atoms with Gasteiger partial charge in [-0.1, -0.05) is 44.8 Å². The van der Waals surface area contributed by atoms with Gasteiger partial charge < -0.3 is 15.0 Å². The van der Waals surface area contributed by atoms with Crippen LogP contribution in [0, 0.1) is 0 Å². The van der Waals surface area contributed by atoms with Gasteiger partial charge in [-0.15, -0.1) is 13.2 Å². The van der Waals surface area contributed by atoms with Crippen molar-refractivity contribution in [3.63, 3.8) is 0 Å². The average Bonchev–Trinajstić information content (AvgIpc) is 2.97. The minimum Gasteiger partial charge on any atom is -0.460 e. The maximum absolute atomic E-state index is 6.74. The normalized spacial score (nSPS) is 23.7. The Balaban J connectivity index is 1.61. The van der Waals surface area contributed by atoms with E-state index in [1.807, 2.05) is 12.2 Å². The third kappa shape index (κ3) is 9.46. The Hall–Kier alpha value is -2.27. The van der Waals surface area contributed by atoms with E-state index >= 15 is 0 Å². The maximum Gasteiger partial charge on any atom is 0.323 e. The summed E-state index contributed by atoms with van der Waals surface area (Å²) in [6.07, 6.45) is 15.5. The summed E-state index contributed by atoms with van der Waals surface area (Å²) >= 11 is 0. The molecule has 3 heterocycles. The molecule has 0 bridgehead atoms. The first-order valence-electron chi connectivity index (χ1n) is 18.2. The van der Waals surface area contributed by atoms with Crippen LogP contribution < -0.4 is 15.0 Å². The summed E-state index contributed by atoms with van der Waals surface area (Å²) in [7, 11) is 0. The molecule has 0 spiro atoms. The minimum atomic E-state index is -0.213. The van der Waals surface area contributed by atoms with Gasteiger partial charge in [0, 0.05) is 54.1 Å². The molecule has 2 saturated heterocycles. The summed E-state index contributed by atoms with van der Waals surface area (Å²) in [4.78, 5) is 30.1. The van der Waals surface area contributed by atoms with E-state index < -0.39 is 0 Å². The summed E-state index contributed by atoms with van der Waals surface area (Å²) < 4.78 is 6.74. The molecule has 4 rings (SSSR count). The number of aromatic nitrogens is 3. The summed E-state index contributed by atoms with van der Waals surface area (Å²) in [5.74, 6) is 1.16. The molecule has 1 aromatic heterocycles. The van der Waals surface area contributed by atoms with E-state index in [-0.39, 0.29) is 34.3 Å². The summed E-state index contributed by atoms with van der Waals surface area (Å²) in [5, 5.41) is 7.76. The molecule has 47 heavy (non-hydrogen) atoms. The van der Waals surface area contributed by atoms with Gasteiger partial charge in [0.2, 0.25) is 11.9 Å². The van der Waals surface area contributed by atoms with Gasteiger partial charge in [-0.05, 0) is 87.5 Å². The van der Waals surface area contributed by atoms with Crippen molar-refractivity contribution in [3.8, 4) is 6.01 Å². The first-order valence-corrected chi connectivity index (χ1v) is 18.2. The Morgan fingerprint density at radius 1 is 0.809 bits per heavy atom. The molecule has 0 unspecified atom stereocenters. The van der Waals surface area contributed by atoms with Crippen molar-refractivity contribution in [3.05, 3.63) is 25.3 Å². The van der Waals surface area contributed by atoms with Gasteiger partial charge in [0.25, 0.3) is 0 Å². The van der Waals surface area contributed by atoms with Crippen LogP contribution in [-0.2, 0) is 9.68 Å². The number of hydrogen-bond acceptors (Lipinski definition) is 10. The highest BCUT2D eigenvalue weighted by atomic mass is 16.7. The minimum absolute atomic E-state index is 0.0686. The fourth-order valence-electron chi connectivity index (χ4n) is 8.46. The highest BCUT2D eigenvalue weighted by Gasteiger charge is 2.50. The smallest absolute Gasteiger partial charge is 0.323 e. The van der Waals surface area contributed by atoms with Crippen LogP contribution in [0.2, 0.25) is 0 Å². The van der Waals surface area contributed by atoms with Crippen molar-refractivity contribution < 1.29 is 14.4 Å². The molecule has 1 saturated carbocycles. The lowest BCUT2D eigenvalue weighted by molar-refractivity contribution is -0.316. The summed E-state index contributed by atoms with van der Waals surface area (Å²) in [5.41, 5.74) is -0.840. The molecule has 10 nitrogen and oxygen atoms in total. The second kappa shape index (κ2) is 15.5. The Morgan fingerprint density at radius 3 is 2.00 bits per heavy atom. The van der Waals surface area contributed by atoms with Gasteiger partial charge in [-0.25, -0.2) is 0 Å². The number of unbranched alkanes of at least 4 members (excludes halogenated alkanes) is 1. The highest BCUT2D eigenvalue weighted by Crippen LogP contribution is 2.43. The topological polar surface area (TPSA) is 88.1 Å². The van der Waals surface area contributed by atoms with Gasteiger partial charge in [-0.3, -0.25) is 9.68 Å². The fourth-order valence-corrected chi connectivity index (χ4v) is 8.46. The zero-order chi connectivity index (χ0) is 34.5. The number of hydroxylamine groups is 4. The van der Waals surface area contributed by atoms with Gasteiger partial charge in [0.15, 0.2) is 0 Å². The van der Waals surface area contributed by atoms with Crippen molar-refractivity contribution in [2.24, 2.45) is 0 Å². The molecule has 10 heteroatoms. The van der Waals surface area contributed by atoms with E-state index in [0.29, 0.717) is 37.2 Å². The van der Waals surface area contributed by atoms with Gasteiger partial charge >= 0.3 is 6.01 Å². The van der Waals surface area contributed by atoms with Crippen LogP contribution in [0.15, 0.2) is 25.3 Å². The predicted octanol–water partition coefficient (Wildman–Crippen LogP) is 7.88. The van der Waals surface area contributed by atoms with Crippen molar-refractivity contribution in [2.75, 3.05) is 29.9 Å². The number of hydrogen-bond donors (Lipinski definition) is 1. The fraction of sp³-hybridized carbons (Fsp3) is 0.811. The molecule has 266 valence electrons. The summed E-state index contributed by atoms with van der Waals surface area (Å²) in [6.45, 7) is 30.0. The van der Waals surface area contributed by atoms with E-state index in [1.54, 1.807) is 0 Å². The van der Waals surface area contributed by atoms with Crippen molar-refractivity contribution in [1.29, 1.82) is 0 Å². The molecule has 2 aliphatic heterocycles. The second-order valence-electron chi connectivity index (χ2n) is 16.5. The molecular formula is C37H65N7O3. The third-order valence-corrected chi connectivity index (χ3v) is 9.98. The molecule has 0 atom stereocenters. The lowest BCUT2D eigenvalue weighted by atomic mass is 9.78. The largest absolute Gasteiger partial charge is 0.460 e. The second-order valence-corrected chi connectivity index (χ2v) is 16.5. The van der Waals surface area contributed by atoms with Gasteiger partial charge in [0.05, 0.1) is 12.7 Å². The zero-order valence-electron chi connectivity index (χ0n) is 31.1. The SMILES string of the molecule is C=CCNc1nc(OC2CC(C)(C)N(OC3CCCCC3)C(C)(C)C2)nc(N(CCCC)C2CC(C)(C)N(OCC=C)C(C)(C)C2)n1. The molecule has 0 aromatic carbocycles. The molecule has 0 amide bonds. The maximum atomic E-state index is 6.74. The number of rotatable bonds is 15. The summed E-state index contributed by atoms with van der Waals surface area (Å²) in [6, 6.07) is 0.572. The first kappa shape index (κ1) is 37.5. The van der Waals surface area contributed by atoms with Crippen LogP contribution in [0.1, 0.15) is 133 Å². The van der Waals surface area contributed by atoms with Crippen LogP contribution in [-0.4, -0.2) is 85.2 Å². The third-order valence-electron chi connectivity index (χ3n) is 9.98. The Kier molecular flexibility index (Phi) is 12.4. The van der Waals surface area contributed by atoms with Crippen LogP contribution in [0.25, 0.3) is 0 Å². The molecule has 1 aromatic rings. The first-order chi connectivity index (χ1) is 22.1. The van der Waals surface area contributed by atoms with Crippen molar-refractivity contribution >= 4 is 11.9 Å². The van der Waals surface area contributed by atoms with Gasteiger partial charge in [-0.2, -0.15) is 25.1 Å². The van der Waals surface area contributed by atoms with E-state index in [1.165, 1.54) is 19.3 Å². The van der Waals surface area contributed by atoms with Crippen LogP contribution in [0.5, 0.6) is 6.01 Å². The molecule has 3 fully saturated rings. The number of piperidine rings is 2. The Morgan fingerprint density at radius 2 is 1.43 bits per heavy atom. The quantitative estimate of drug-likeness (QED) is 0.188. The van der Waals surface area contributed by atoms with Crippen molar-refractivity contribution in [1.82, 2.24) is 25.1 Å². The predicted molar refractivity (Wildman–Crippen MR) is 192 cm³/mol. The number of ether oxygens (including phenoxy) is 1. The number of nitrogens with zero attached hydrogens (tertiary/aromatic N) is 6. The van der Waals surface area contributed by atoms with E-state index in [0.717, 1.165) is 57.9 Å². The molecule has 1 N–H and O–H groups in total. The zero-order valence-corrected chi connectivity index (χ0v) is 31.1.